The van der Waals surface area contributed by atoms with Gasteiger partial charge in [0.2, 0.25) is 0 Å². The topological polar surface area (TPSA) is 57.6 Å². The second-order valence-electron chi connectivity index (χ2n) is 4.25. The average Bonchev–Trinajstić information content (AvgIpc) is 2.68. The molecule has 2 amide bonds. The molecule has 0 unspecified atom stereocenters. The Labute approximate surface area is 127 Å². The summed E-state index contributed by atoms with van der Waals surface area (Å²) in [6.45, 7) is 0. The van der Waals surface area contributed by atoms with E-state index in [0.29, 0.717) is 21.3 Å². The van der Waals surface area contributed by atoms with Crippen molar-refractivity contribution < 1.29 is 14.7 Å². The van der Waals surface area contributed by atoms with Crippen molar-refractivity contribution in [2.24, 2.45) is 0 Å². The highest BCUT2D eigenvalue weighted by Crippen LogP contribution is 2.38. The molecule has 0 aliphatic carbocycles. The van der Waals surface area contributed by atoms with Gasteiger partial charge >= 0.3 is 0 Å². The highest BCUT2D eigenvalue weighted by Gasteiger charge is 2.36. The number of carbonyl (C=O) groups is 2. The third-order valence-electron chi connectivity index (χ3n) is 3.05. The average molecular weight is 353 g/mol. The number of amides is 2. The lowest BCUT2D eigenvalue weighted by Gasteiger charge is -2.15. The third kappa shape index (κ3) is 1.82. The highest BCUT2D eigenvalue weighted by molar-refractivity contribution is 9.10. The molecular weight excluding hydrogens is 346 g/mol. The first-order valence-electron chi connectivity index (χ1n) is 5.66. The quantitative estimate of drug-likeness (QED) is 0.798. The van der Waals surface area contributed by atoms with Crippen LogP contribution in [0.1, 0.15) is 20.7 Å². The Morgan fingerprint density at radius 2 is 1.60 bits per heavy atom. The smallest absolute Gasteiger partial charge is 0.266 e. The van der Waals surface area contributed by atoms with Crippen molar-refractivity contribution >= 4 is 45.0 Å². The number of phenols is 1. The third-order valence-corrected chi connectivity index (χ3v) is 3.95. The molecule has 0 spiro atoms. The minimum atomic E-state index is -0.403. The minimum Gasteiger partial charge on any atom is -0.505 e. The van der Waals surface area contributed by atoms with Crippen LogP contribution in [0.3, 0.4) is 0 Å². The van der Waals surface area contributed by atoms with Gasteiger partial charge in [0.1, 0.15) is 5.75 Å². The van der Waals surface area contributed by atoms with Crippen LogP contribution in [0.4, 0.5) is 5.69 Å². The Morgan fingerprint density at radius 3 is 2.10 bits per heavy atom. The van der Waals surface area contributed by atoms with Gasteiger partial charge in [0.15, 0.2) is 0 Å². The number of benzene rings is 2. The fourth-order valence-corrected chi connectivity index (χ4v) is 2.88. The van der Waals surface area contributed by atoms with Crippen molar-refractivity contribution in [3.8, 4) is 5.75 Å². The van der Waals surface area contributed by atoms with Gasteiger partial charge in [-0.25, -0.2) is 4.90 Å². The lowest BCUT2D eigenvalue weighted by Crippen LogP contribution is -2.29. The number of hydrogen-bond acceptors (Lipinski definition) is 3. The Hall–Kier alpha value is -1.85. The van der Waals surface area contributed by atoms with Crippen LogP contribution < -0.4 is 4.90 Å². The SMILES string of the molecule is O=C1c2ccccc2C(=O)N1c1cc(Cl)c(O)c(Br)c1. The molecule has 1 heterocycles. The van der Waals surface area contributed by atoms with Crippen molar-refractivity contribution in [3.05, 3.63) is 57.0 Å². The van der Waals surface area contributed by atoms with Crippen LogP contribution in [0.5, 0.6) is 5.75 Å². The van der Waals surface area contributed by atoms with Crippen molar-refractivity contribution in [3.63, 3.8) is 0 Å². The first-order valence-corrected chi connectivity index (χ1v) is 6.83. The van der Waals surface area contributed by atoms with Gasteiger partial charge < -0.3 is 5.11 Å². The molecule has 1 aliphatic heterocycles. The summed E-state index contributed by atoms with van der Waals surface area (Å²) in [4.78, 5) is 25.6. The molecule has 0 bridgehead atoms. The molecular formula is C14H7BrClNO3. The minimum absolute atomic E-state index is 0.0610. The number of carbonyl (C=O) groups excluding carboxylic acids is 2. The predicted molar refractivity (Wildman–Crippen MR) is 78.4 cm³/mol. The van der Waals surface area contributed by atoms with Crippen LogP contribution in [0, 0.1) is 0 Å². The molecule has 4 nitrogen and oxygen atoms in total. The maximum Gasteiger partial charge on any atom is 0.266 e. The highest BCUT2D eigenvalue weighted by atomic mass is 79.9. The maximum atomic E-state index is 12.3. The fourth-order valence-electron chi connectivity index (χ4n) is 2.10. The Balaban J connectivity index is 2.14. The Morgan fingerprint density at radius 1 is 1.05 bits per heavy atom. The van der Waals surface area contributed by atoms with E-state index in [4.69, 9.17) is 11.6 Å². The molecule has 0 aromatic heterocycles. The number of anilines is 1. The van der Waals surface area contributed by atoms with Crippen LogP contribution >= 0.6 is 27.5 Å². The van der Waals surface area contributed by atoms with Gasteiger partial charge in [-0.1, -0.05) is 23.7 Å². The van der Waals surface area contributed by atoms with E-state index in [1.54, 1.807) is 24.3 Å². The summed E-state index contributed by atoms with van der Waals surface area (Å²) in [5.74, 6) is -0.939. The monoisotopic (exact) mass is 351 g/mol. The molecule has 6 heteroatoms. The second kappa shape index (κ2) is 4.61. The second-order valence-corrected chi connectivity index (χ2v) is 5.51. The normalized spacial score (nSPS) is 13.8. The number of hydrogen-bond donors (Lipinski definition) is 1. The Kier molecular flexibility index (Phi) is 3.03. The molecule has 3 rings (SSSR count). The number of phenolic OH excluding ortho intramolecular Hbond substituents is 1. The molecule has 0 atom stereocenters. The molecule has 1 aliphatic rings. The van der Waals surface area contributed by atoms with E-state index >= 15 is 0 Å². The predicted octanol–water partition coefficient (Wildman–Crippen LogP) is 3.61. The van der Waals surface area contributed by atoms with E-state index in [0.717, 1.165) is 4.90 Å². The van der Waals surface area contributed by atoms with Crippen LogP contribution in [-0.2, 0) is 0 Å². The van der Waals surface area contributed by atoms with Crippen LogP contribution in [0.25, 0.3) is 0 Å². The summed E-state index contributed by atoms with van der Waals surface area (Å²) < 4.78 is 0.316. The van der Waals surface area contributed by atoms with Crippen molar-refractivity contribution in [1.82, 2.24) is 0 Å². The van der Waals surface area contributed by atoms with Gasteiger partial charge in [0.25, 0.3) is 11.8 Å². The van der Waals surface area contributed by atoms with Crippen molar-refractivity contribution in [2.75, 3.05) is 4.90 Å². The fraction of sp³-hybridized carbons (Fsp3) is 0. The molecule has 100 valence electrons. The lowest BCUT2D eigenvalue weighted by atomic mass is 10.1. The number of rotatable bonds is 1. The molecule has 2 aromatic carbocycles. The van der Waals surface area contributed by atoms with E-state index < -0.39 is 11.8 Å². The lowest BCUT2D eigenvalue weighted by molar-refractivity contribution is 0.0926. The summed E-state index contributed by atoms with van der Waals surface area (Å²) in [5.41, 5.74) is 1.03. The van der Waals surface area contributed by atoms with Gasteiger partial charge in [-0.15, -0.1) is 0 Å². The molecule has 2 aromatic rings. The molecule has 0 saturated carbocycles. The van der Waals surface area contributed by atoms with Gasteiger partial charge in [-0.05, 0) is 40.2 Å². The molecule has 1 N–H and O–H groups in total. The van der Waals surface area contributed by atoms with Crippen LogP contribution in [0.2, 0.25) is 5.02 Å². The van der Waals surface area contributed by atoms with Crippen molar-refractivity contribution in [2.45, 2.75) is 0 Å². The van der Waals surface area contributed by atoms with Crippen LogP contribution in [0.15, 0.2) is 40.9 Å². The molecule has 0 saturated heterocycles. The zero-order valence-corrected chi connectivity index (χ0v) is 12.3. The number of nitrogens with zero attached hydrogens (tertiary/aromatic N) is 1. The first kappa shape index (κ1) is 13.1. The summed E-state index contributed by atoms with van der Waals surface area (Å²) >= 11 is 9.01. The molecule has 20 heavy (non-hydrogen) atoms. The number of imide groups is 1. The number of aromatic hydroxyl groups is 1. The van der Waals surface area contributed by atoms with E-state index in [-0.39, 0.29) is 10.8 Å². The Bertz CT molecular complexity index is 702. The number of halogens is 2. The molecule has 0 fully saturated rings. The van der Waals surface area contributed by atoms with Gasteiger partial charge in [0.05, 0.1) is 26.3 Å². The van der Waals surface area contributed by atoms with E-state index in [2.05, 4.69) is 15.9 Å². The summed E-state index contributed by atoms with van der Waals surface area (Å²) in [7, 11) is 0. The van der Waals surface area contributed by atoms with Gasteiger partial charge in [0, 0.05) is 0 Å². The first-order chi connectivity index (χ1) is 9.50. The summed E-state index contributed by atoms with van der Waals surface area (Å²) in [5, 5.41) is 9.67. The largest absolute Gasteiger partial charge is 0.505 e. The van der Waals surface area contributed by atoms with Crippen molar-refractivity contribution in [1.29, 1.82) is 0 Å². The van der Waals surface area contributed by atoms with E-state index in [1.807, 2.05) is 0 Å². The van der Waals surface area contributed by atoms with E-state index in [9.17, 15) is 14.7 Å². The summed E-state index contributed by atoms with van der Waals surface area (Å²) in [6, 6.07) is 9.46. The standard InChI is InChI=1S/C14H7BrClNO3/c15-10-5-7(6-11(16)12(10)18)17-13(19)8-3-1-2-4-9(8)14(17)20/h1-6,18H. The van der Waals surface area contributed by atoms with Gasteiger partial charge in [-0.3, -0.25) is 9.59 Å². The van der Waals surface area contributed by atoms with Gasteiger partial charge in [-0.2, -0.15) is 0 Å². The van der Waals surface area contributed by atoms with Crippen LogP contribution in [-0.4, -0.2) is 16.9 Å². The maximum absolute atomic E-state index is 12.3. The number of fused-ring (bicyclic) bond motifs is 1. The van der Waals surface area contributed by atoms with E-state index in [1.165, 1.54) is 12.1 Å². The molecule has 0 radical (unpaired) electrons. The zero-order chi connectivity index (χ0) is 14.4. The zero-order valence-electron chi connectivity index (χ0n) is 9.93. The summed E-state index contributed by atoms with van der Waals surface area (Å²) in [6.07, 6.45) is 0.